The molecule has 1 aromatic rings. The number of hydrogen-bond acceptors (Lipinski definition) is 2. The van der Waals surface area contributed by atoms with E-state index < -0.39 is 30.7 Å². The molecule has 0 heterocycles. The van der Waals surface area contributed by atoms with Gasteiger partial charge in [-0.25, -0.2) is 17.6 Å². The van der Waals surface area contributed by atoms with Crippen molar-refractivity contribution in [2.75, 3.05) is 13.2 Å². The van der Waals surface area contributed by atoms with Gasteiger partial charge in [0.25, 0.3) is 5.92 Å². The molecule has 0 aromatic heterocycles. The molecule has 16 heavy (non-hydrogen) atoms. The number of benzene rings is 1. The van der Waals surface area contributed by atoms with Crippen LogP contribution in [0.3, 0.4) is 0 Å². The molecule has 0 radical (unpaired) electrons. The lowest BCUT2D eigenvalue weighted by Crippen LogP contribution is -2.35. The topological polar surface area (TPSA) is 32.3 Å². The van der Waals surface area contributed by atoms with Crippen LogP contribution >= 0.6 is 0 Å². The van der Waals surface area contributed by atoms with Crippen molar-refractivity contribution in [3.63, 3.8) is 0 Å². The number of rotatable bonds is 5. The molecule has 0 atom stereocenters. The molecule has 1 aromatic carbocycles. The monoisotopic (exact) mass is 237 g/mol. The van der Waals surface area contributed by atoms with Gasteiger partial charge in [0, 0.05) is 6.54 Å². The fourth-order valence-electron chi connectivity index (χ4n) is 1.10. The summed E-state index contributed by atoms with van der Waals surface area (Å²) >= 11 is 0. The summed E-state index contributed by atoms with van der Waals surface area (Å²) in [5.74, 6) is -5.21. The Morgan fingerprint density at radius 3 is 2.44 bits per heavy atom. The van der Waals surface area contributed by atoms with E-state index in [-0.39, 0.29) is 6.54 Å². The van der Waals surface area contributed by atoms with E-state index in [4.69, 9.17) is 5.11 Å². The van der Waals surface area contributed by atoms with E-state index >= 15 is 0 Å². The highest BCUT2D eigenvalue weighted by Crippen LogP contribution is 2.11. The molecule has 0 fully saturated rings. The molecule has 0 saturated carbocycles. The van der Waals surface area contributed by atoms with Crippen LogP contribution in [0.15, 0.2) is 18.2 Å². The molecule has 0 aliphatic rings. The van der Waals surface area contributed by atoms with Gasteiger partial charge < -0.3 is 10.4 Å². The Bertz CT molecular complexity index is 357. The van der Waals surface area contributed by atoms with Crippen LogP contribution in [0.4, 0.5) is 17.6 Å². The van der Waals surface area contributed by atoms with Crippen LogP contribution in [-0.2, 0) is 6.54 Å². The van der Waals surface area contributed by atoms with Crippen molar-refractivity contribution in [1.29, 1.82) is 0 Å². The van der Waals surface area contributed by atoms with Crippen LogP contribution in [0, 0.1) is 11.6 Å². The van der Waals surface area contributed by atoms with Crippen molar-refractivity contribution in [3.05, 3.63) is 35.4 Å². The SMILES string of the molecule is OCC(F)(F)CNCc1ccc(F)c(F)c1. The summed E-state index contributed by atoms with van der Waals surface area (Å²) in [4.78, 5) is 0. The van der Waals surface area contributed by atoms with E-state index in [0.717, 1.165) is 12.1 Å². The number of aliphatic hydroxyl groups is 1. The second-order valence-electron chi connectivity index (χ2n) is 3.37. The standard InChI is InChI=1S/C10H11F4NO/c11-8-2-1-7(3-9(8)12)4-15-5-10(13,14)6-16/h1-3,15-16H,4-6H2. The Morgan fingerprint density at radius 2 is 1.88 bits per heavy atom. The Hall–Kier alpha value is -1.14. The third-order valence-corrected chi connectivity index (χ3v) is 1.93. The first kappa shape index (κ1) is 12.9. The Morgan fingerprint density at radius 1 is 1.19 bits per heavy atom. The average Bonchev–Trinajstić information content (AvgIpc) is 2.23. The van der Waals surface area contributed by atoms with E-state index in [1.807, 2.05) is 0 Å². The molecule has 2 N–H and O–H groups in total. The molecule has 0 spiro atoms. The van der Waals surface area contributed by atoms with E-state index in [2.05, 4.69) is 5.32 Å². The van der Waals surface area contributed by atoms with Gasteiger partial charge in [0.1, 0.15) is 6.61 Å². The summed E-state index contributed by atoms with van der Waals surface area (Å²) in [6, 6.07) is 3.15. The smallest absolute Gasteiger partial charge is 0.282 e. The number of hydrogen-bond donors (Lipinski definition) is 2. The summed E-state index contributed by atoms with van der Waals surface area (Å²) in [7, 11) is 0. The van der Waals surface area contributed by atoms with Gasteiger partial charge in [0.15, 0.2) is 11.6 Å². The fraction of sp³-hybridized carbons (Fsp3) is 0.400. The van der Waals surface area contributed by atoms with Crippen LogP contribution < -0.4 is 5.32 Å². The minimum Gasteiger partial charge on any atom is -0.390 e. The lowest BCUT2D eigenvalue weighted by Gasteiger charge is -2.13. The summed E-state index contributed by atoms with van der Waals surface area (Å²) in [5.41, 5.74) is 0.354. The average molecular weight is 237 g/mol. The van der Waals surface area contributed by atoms with Crippen molar-refractivity contribution < 1.29 is 22.7 Å². The van der Waals surface area contributed by atoms with Crippen LogP contribution in [0.2, 0.25) is 0 Å². The summed E-state index contributed by atoms with van der Waals surface area (Å²) in [5, 5.41) is 10.6. The van der Waals surface area contributed by atoms with Crippen LogP contribution in [-0.4, -0.2) is 24.2 Å². The minimum absolute atomic E-state index is 0.0210. The molecule has 0 aliphatic heterocycles. The molecule has 0 bridgehead atoms. The zero-order chi connectivity index (χ0) is 12.2. The summed E-state index contributed by atoms with van der Waals surface area (Å²) < 4.78 is 50.3. The van der Waals surface area contributed by atoms with Crippen LogP contribution in [0.5, 0.6) is 0 Å². The minimum atomic E-state index is -3.21. The van der Waals surface area contributed by atoms with Gasteiger partial charge >= 0.3 is 0 Å². The first-order valence-corrected chi connectivity index (χ1v) is 4.58. The second kappa shape index (κ2) is 5.27. The second-order valence-corrected chi connectivity index (χ2v) is 3.37. The molecular formula is C10H11F4NO. The van der Waals surface area contributed by atoms with Crippen LogP contribution in [0.1, 0.15) is 5.56 Å². The molecular weight excluding hydrogens is 226 g/mol. The molecule has 2 nitrogen and oxygen atoms in total. The highest BCUT2D eigenvalue weighted by Gasteiger charge is 2.26. The van der Waals surface area contributed by atoms with Crippen molar-refractivity contribution in [1.82, 2.24) is 5.32 Å². The van der Waals surface area contributed by atoms with Gasteiger partial charge in [-0.1, -0.05) is 6.07 Å². The lowest BCUT2D eigenvalue weighted by atomic mass is 10.2. The van der Waals surface area contributed by atoms with Gasteiger partial charge in [-0.15, -0.1) is 0 Å². The Kier molecular flexibility index (Phi) is 4.26. The van der Waals surface area contributed by atoms with Crippen molar-refractivity contribution in [3.8, 4) is 0 Å². The third-order valence-electron chi connectivity index (χ3n) is 1.93. The molecule has 0 amide bonds. The van der Waals surface area contributed by atoms with E-state index in [0.29, 0.717) is 5.56 Å². The number of halogens is 4. The van der Waals surface area contributed by atoms with Crippen molar-refractivity contribution >= 4 is 0 Å². The maximum absolute atomic E-state index is 12.7. The van der Waals surface area contributed by atoms with Gasteiger partial charge in [-0.3, -0.25) is 0 Å². The fourth-order valence-corrected chi connectivity index (χ4v) is 1.10. The predicted molar refractivity (Wildman–Crippen MR) is 50.1 cm³/mol. The first-order valence-electron chi connectivity index (χ1n) is 4.58. The highest BCUT2D eigenvalue weighted by molar-refractivity contribution is 5.17. The van der Waals surface area contributed by atoms with Gasteiger partial charge in [0.05, 0.1) is 6.54 Å². The lowest BCUT2D eigenvalue weighted by molar-refractivity contribution is -0.0477. The zero-order valence-electron chi connectivity index (χ0n) is 8.31. The van der Waals surface area contributed by atoms with Gasteiger partial charge in [0.2, 0.25) is 0 Å². The third kappa shape index (κ3) is 3.79. The number of alkyl halides is 2. The Labute approximate surface area is 89.9 Å². The van der Waals surface area contributed by atoms with Crippen LogP contribution in [0.25, 0.3) is 0 Å². The van der Waals surface area contributed by atoms with Crippen molar-refractivity contribution in [2.24, 2.45) is 0 Å². The molecule has 90 valence electrons. The highest BCUT2D eigenvalue weighted by atomic mass is 19.3. The quantitative estimate of drug-likeness (QED) is 0.764. The molecule has 0 saturated heterocycles. The van der Waals surface area contributed by atoms with Crippen molar-refractivity contribution in [2.45, 2.75) is 12.5 Å². The van der Waals surface area contributed by atoms with Gasteiger partial charge in [-0.05, 0) is 17.7 Å². The molecule has 1 rings (SSSR count). The maximum atomic E-state index is 12.7. The van der Waals surface area contributed by atoms with Gasteiger partial charge in [-0.2, -0.15) is 0 Å². The molecule has 0 aliphatic carbocycles. The predicted octanol–water partition coefficient (Wildman–Crippen LogP) is 1.68. The summed E-state index contributed by atoms with van der Waals surface area (Å²) in [6.07, 6.45) is 0. The zero-order valence-corrected chi connectivity index (χ0v) is 8.31. The summed E-state index contributed by atoms with van der Waals surface area (Å²) in [6.45, 7) is -1.99. The van der Waals surface area contributed by atoms with E-state index in [1.54, 1.807) is 0 Å². The molecule has 0 unspecified atom stereocenters. The van der Waals surface area contributed by atoms with E-state index in [9.17, 15) is 17.6 Å². The molecule has 6 heteroatoms. The Balaban J connectivity index is 2.46. The largest absolute Gasteiger partial charge is 0.390 e. The van der Waals surface area contributed by atoms with E-state index in [1.165, 1.54) is 6.07 Å². The normalized spacial score (nSPS) is 11.8. The number of nitrogens with one attached hydrogen (secondary N) is 1. The maximum Gasteiger partial charge on any atom is 0.282 e. The first-order chi connectivity index (χ1) is 7.44. The number of aliphatic hydroxyl groups excluding tert-OH is 1.